The zero-order valence-electron chi connectivity index (χ0n) is 11.2. The number of thiophene rings is 1. The minimum Gasteiger partial charge on any atom is -0.313 e. The van der Waals surface area contributed by atoms with Gasteiger partial charge in [-0.05, 0) is 36.3 Å². The second-order valence-corrected chi connectivity index (χ2v) is 6.68. The van der Waals surface area contributed by atoms with Gasteiger partial charge in [-0.25, -0.2) is 0 Å². The van der Waals surface area contributed by atoms with Crippen LogP contribution in [-0.4, -0.2) is 30.6 Å². The molecule has 1 aromatic heterocycles. The quantitative estimate of drug-likeness (QED) is 0.899. The fraction of sp³-hybridized carbons (Fsp3) is 0.733. The van der Waals surface area contributed by atoms with Crippen molar-refractivity contribution < 1.29 is 0 Å². The van der Waals surface area contributed by atoms with Crippen LogP contribution in [0.3, 0.4) is 0 Å². The molecule has 2 heterocycles. The summed E-state index contributed by atoms with van der Waals surface area (Å²) >= 11 is 1.93. The Balaban J connectivity index is 1.39. The summed E-state index contributed by atoms with van der Waals surface area (Å²) < 4.78 is 0. The first kappa shape index (κ1) is 12.6. The summed E-state index contributed by atoms with van der Waals surface area (Å²) in [5.41, 5.74) is 1.57. The van der Waals surface area contributed by atoms with Gasteiger partial charge in [-0.15, -0.1) is 11.3 Å². The van der Waals surface area contributed by atoms with E-state index in [4.69, 9.17) is 0 Å². The second kappa shape index (κ2) is 6.18. The highest BCUT2D eigenvalue weighted by atomic mass is 32.1. The van der Waals surface area contributed by atoms with E-state index in [1.165, 1.54) is 64.7 Å². The summed E-state index contributed by atoms with van der Waals surface area (Å²) in [6.45, 7) is 4.81. The first-order valence-electron chi connectivity index (χ1n) is 7.43. The van der Waals surface area contributed by atoms with Crippen LogP contribution in [0.15, 0.2) is 11.4 Å². The van der Waals surface area contributed by atoms with E-state index in [2.05, 4.69) is 21.7 Å². The van der Waals surface area contributed by atoms with Crippen molar-refractivity contribution in [2.24, 2.45) is 0 Å². The van der Waals surface area contributed by atoms with Crippen molar-refractivity contribution in [3.63, 3.8) is 0 Å². The van der Waals surface area contributed by atoms with Crippen molar-refractivity contribution >= 4 is 11.3 Å². The molecule has 0 unspecified atom stereocenters. The van der Waals surface area contributed by atoms with E-state index in [9.17, 15) is 0 Å². The molecule has 0 aromatic carbocycles. The Morgan fingerprint density at radius 2 is 2.17 bits per heavy atom. The topological polar surface area (TPSA) is 15.3 Å². The molecule has 1 aliphatic carbocycles. The number of hydrogen-bond acceptors (Lipinski definition) is 3. The molecule has 0 amide bonds. The summed E-state index contributed by atoms with van der Waals surface area (Å²) in [4.78, 5) is 4.22. The number of nitrogens with one attached hydrogen (secondary N) is 1. The fourth-order valence-electron chi connectivity index (χ4n) is 3.23. The molecular weight excluding hydrogens is 240 g/mol. The molecule has 0 radical (unpaired) electrons. The third-order valence-electron chi connectivity index (χ3n) is 4.35. The smallest absolute Gasteiger partial charge is 0.0245 e. The molecule has 0 spiro atoms. The highest BCUT2D eigenvalue weighted by Gasteiger charge is 2.17. The average Bonchev–Trinajstić information content (AvgIpc) is 2.87. The van der Waals surface area contributed by atoms with Gasteiger partial charge in [0.1, 0.15) is 0 Å². The molecular formula is C15H24N2S. The standard InChI is InChI=1S/C15H24N2S/c1-2-4-14(5-3-1)16-8-10-17-9-6-15-13(12-17)7-11-18-15/h7,11,14,16H,1-6,8-10,12H2. The van der Waals surface area contributed by atoms with Crippen LogP contribution >= 0.6 is 11.3 Å². The summed E-state index contributed by atoms with van der Waals surface area (Å²) in [7, 11) is 0. The van der Waals surface area contributed by atoms with Crippen LogP contribution in [0.5, 0.6) is 0 Å². The van der Waals surface area contributed by atoms with Crippen molar-refractivity contribution in [2.45, 2.75) is 51.1 Å². The third kappa shape index (κ3) is 3.14. The van der Waals surface area contributed by atoms with Crippen LogP contribution < -0.4 is 5.32 Å². The number of nitrogens with zero attached hydrogens (tertiary/aromatic N) is 1. The van der Waals surface area contributed by atoms with E-state index in [0.29, 0.717) is 0 Å². The molecule has 2 aliphatic rings. The van der Waals surface area contributed by atoms with Crippen LogP contribution in [-0.2, 0) is 13.0 Å². The molecule has 1 aromatic rings. The maximum Gasteiger partial charge on any atom is 0.0245 e. The lowest BCUT2D eigenvalue weighted by molar-refractivity contribution is 0.246. The highest BCUT2D eigenvalue weighted by molar-refractivity contribution is 7.10. The highest BCUT2D eigenvalue weighted by Crippen LogP contribution is 2.23. The van der Waals surface area contributed by atoms with Gasteiger partial charge in [0.15, 0.2) is 0 Å². The van der Waals surface area contributed by atoms with E-state index < -0.39 is 0 Å². The summed E-state index contributed by atoms with van der Waals surface area (Å²) in [5.74, 6) is 0. The Kier molecular flexibility index (Phi) is 4.34. The van der Waals surface area contributed by atoms with E-state index in [0.717, 1.165) is 6.04 Å². The summed E-state index contributed by atoms with van der Waals surface area (Å²) in [6, 6.07) is 3.11. The Labute approximate surface area is 114 Å². The Hall–Kier alpha value is -0.380. The van der Waals surface area contributed by atoms with Crippen LogP contribution in [0.4, 0.5) is 0 Å². The van der Waals surface area contributed by atoms with Gasteiger partial charge in [0.2, 0.25) is 0 Å². The molecule has 1 aliphatic heterocycles. The first-order valence-corrected chi connectivity index (χ1v) is 8.31. The van der Waals surface area contributed by atoms with E-state index >= 15 is 0 Å². The molecule has 1 fully saturated rings. The maximum atomic E-state index is 3.75. The van der Waals surface area contributed by atoms with Crippen molar-refractivity contribution in [1.82, 2.24) is 10.2 Å². The van der Waals surface area contributed by atoms with Gasteiger partial charge >= 0.3 is 0 Å². The van der Waals surface area contributed by atoms with Crippen LogP contribution in [0.1, 0.15) is 42.5 Å². The zero-order chi connectivity index (χ0) is 12.2. The SMILES string of the molecule is c1cc2c(s1)CCN(CCNC1CCCCC1)C2. The normalized spacial score (nSPS) is 22.0. The van der Waals surface area contributed by atoms with Gasteiger partial charge in [-0.3, -0.25) is 4.90 Å². The molecule has 3 heteroatoms. The lowest BCUT2D eigenvalue weighted by Gasteiger charge is -2.28. The zero-order valence-corrected chi connectivity index (χ0v) is 12.0. The predicted octanol–water partition coefficient (Wildman–Crippen LogP) is 3.03. The molecule has 0 atom stereocenters. The number of rotatable bonds is 4. The molecule has 100 valence electrons. The molecule has 2 nitrogen and oxygen atoms in total. The molecule has 3 rings (SSSR count). The van der Waals surface area contributed by atoms with Gasteiger partial charge in [0.25, 0.3) is 0 Å². The van der Waals surface area contributed by atoms with E-state index in [-0.39, 0.29) is 0 Å². The van der Waals surface area contributed by atoms with E-state index in [1.54, 1.807) is 10.4 Å². The van der Waals surface area contributed by atoms with Gasteiger partial charge in [0.05, 0.1) is 0 Å². The van der Waals surface area contributed by atoms with Crippen LogP contribution in [0.25, 0.3) is 0 Å². The molecule has 1 N–H and O–H groups in total. The molecule has 0 saturated heterocycles. The number of fused-ring (bicyclic) bond motifs is 1. The van der Waals surface area contributed by atoms with Crippen molar-refractivity contribution in [3.8, 4) is 0 Å². The Bertz CT molecular complexity index is 368. The van der Waals surface area contributed by atoms with Crippen molar-refractivity contribution in [2.75, 3.05) is 19.6 Å². The Morgan fingerprint density at radius 1 is 1.28 bits per heavy atom. The summed E-state index contributed by atoms with van der Waals surface area (Å²) in [5, 5.41) is 5.99. The Morgan fingerprint density at radius 3 is 3.06 bits per heavy atom. The molecule has 18 heavy (non-hydrogen) atoms. The van der Waals surface area contributed by atoms with Gasteiger partial charge in [-0.2, -0.15) is 0 Å². The largest absolute Gasteiger partial charge is 0.313 e. The van der Waals surface area contributed by atoms with Crippen molar-refractivity contribution in [1.29, 1.82) is 0 Å². The summed E-state index contributed by atoms with van der Waals surface area (Å²) in [6.07, 6.45) is 8.37. The van der Waals surface area contributed by atoms with Gasteiger partial charge < -0.3 is 5.32 Å². The number of hydrogen-bond donors (Lipinski definition) is 1. The van der Waals surface area contributed by atoms with Crippen molar-refractivity contribution in [3.05, 3.63) is 21.9 Å². The average molecular weight is 264 g/mol. The first-order chi connectivity index (χ1) is 8.92. The lowest BCUT2D eigenvalue weighted by atomic mass is 9.95. The van der Waals surface area contributed by atoms with Crippen LogP contribution in [0.2, 0.25) is 0 Å². The minimum absolute atomic E-state index is 0.806. The lowest BCUT2D eigenvalue weighted by Crippen LogP contribution is -2.39. The third-order valence-corrected chi connectivity index (χ3v) is 5.38. The predicted molar refractivity (Wildman–Crippen MR) is 78.2 cm³/mol. The van der Waals surface area contributed by atoms with Gasteiger partial charge in [-0.1, -0.05) is 19.3 Å². The molecule has 1 saturated carbocycles. The maximum absolute atomic E-state index is 3.75. The minimum atomic E-state index is 0.806. The molecule has 0 bridgehead atoms. The fourth-order valence-corrected chi connectivity index (χ4v) is 4.12. The van der Waals surface area contributed by atoms with E-state index in [1.807, 2.05) is 11.3 Å². The second-order valence-electron chi connectivity index (χ2n) is 5.68. The van der Waals surface area contributed by atoms with Gasteiger partial charge in [0, 0.05) is 37.1 Å². The van der Waals surface area contributed by atoms with Crippen LogP contribution in [0, 0.1) is 0 Å². The monoisotopic (exact) mass is 264 g/mol.